The van der Waals surface area contributed by atoms with Gasteiger partial charge >= 0.3 is 6.18 Å². The van der Waals surface area contributed by atoms with Crippen LogP contribution >= 0.6 is 11.8 Å². The van der Waals surface area contributed by atoms with Crippen molar-refractivity contribution in [1.82, 2.24) is 10.2 Å². The molecule has 1 aromatic heterocycles. The Hall–Kier alpha value is -1.75. The highest BCUT2D eigenvalue weighted by Crippen LogP contribution is 2.36. The summed E-state index contributed by atoms with van der Waals surface area (Å²) >= 11 is 1.54. The number of halogens is 3. The van der Waals surface area contributed by atoms with E-state index in [-0.39, 0.29) is 37.3 Å². The Morgan fingerprint density at radius 3 is 2.61 bits per heavy atom. The summed E-state index contributed by atoms with van der Waals surface area (Å²) in [5.74, 6) is -0.225. The molecule has 1 saturated heterocycles. The van der Waals surface area contributed by atoms with Gasteiger partial charge in [-0.2, -0.15) is 13.2 Å². The van der Waals surface area contributed by atoms with E-state index in [9.17, 15) is 23.4 Å². The molecule has 0 amide bonds. The Balaban J connectivity index is 1.85. The van der Waals surface area contributed by atoms with E-state index in [0.717, 1.165) is 4.90 Å². The monoisotopic (exact) mass is 418 g/mol. The van der Waals surface area contributed by atoms with E-state index in [1.165, 1.54) is 11.8 Å². The number of benzene rings is 1. The van der Waals surface area contributed by atoms with Crippen LogP contribution in [0.5, 0.6) is 5.88 Å². The number of nitrogens with one attached hydrogen (secondary N) is 1. The molecule has 1 aliphatic heterocycles. The molecule has 0 saturated carbocycles. The predicted molar refractivity (Wildman–Crippen MR) is 96.2 cm³/mol. The highest BCUT2D eigenvalue weighted by atomic mass is 32.2. The van der Waals surface area contributed by atoms with E-state index >= 15 is 0 Å². The topological polar surface area (TPSA) is 87.6 Å². The van der Waals surface area contributed by atoms with E-state index in [1.54, 1.807) is 12.1 Å². The molecule has 6 nitrogen and oxygen atoms in total. The Morgan fingerprint density at radius 2 is 2.00 bits per heavy atom. The van der Waals surface area contributed by atoms with Crippen LogP contribution in [-0.4, -0.2) is 51.8 Å². The molecule has 0 aliphatic carbocycles. The van der Waals surface area contributed by atoms with E-state index in [2.05, 4.69) is 5.10 Å². The van der Waals surface area contributed by atoms with Crippen LogP contribution in [-0.2, 0) is 17.3 Å². The summed E-state index contributed by atoms with van der Waals surface area (Å²) in [5.41, 5.74) is -0.437. The number of hydrogen-bond acceptors (Lipinski definition) is 6. The van der Waals surface area contributed by atoms with Crippen LogP contribution in [0.15, 0.2) is 29.2 Å². The quantitative estimate of drug-likeness (QED) is 0.626. The van der Waals surface area contributed by atoms with Crippen LogP contribution in [0.25, 0.3) is 0 Å². The molecule has 28 heavy (non-hydrogen) atoms. The summed E-state index contributed by atoms with van der Waals surface area (Å²) < 4.78 is 51.2. The number of hydrogen-bond donors (Lipinski definition) is 3. The van der Waals surface area contributed by atoms with Crippen molar-refractivity contribution in [3.63, 3.8) is 0 Å². The maximum absolute atomic E-state index is 13.4. The average Bonchev–Trinajstić information content (AvgIpc) is 3.04. The van der Waals surface area contributed by atoms with Crippen molar-refractivity contribution >= 4 is 11.8 Å². The number of rotatable bonds is 6. The lowest BCUT2D eigenvalue weighted by atomic mass is 10.0. The molecule has 2 heterocycles. The van der Waals surface area contributed by atoms with Crippen molar-refractivity contribution in [2.75, 3.05) is 12.9 Å². The minimum Gasteiger partial charge on any atom is -0.446 e. The van der Waals surface area contributed by atoms with Gasteiger partial charge in [0.2, 0.25) is 12.2 Å². The van der Waals surface area contributed by atoms with Crippen LogP contribution in [0.1, 0.15) is 29.7 Å². The largest absolute Gasteiger partial charge is 0.446 e. The van der Waals surface area contributed by atoms with Crippen molar-refractivity contribution in [3.05, 3.63) is 41.1 Å². The summed E-state index contributed by atoms with van der Waals surface area (Å²) in [6.45, 7) is -0.320. The van der Waals surface area contributed by atoms with E-state index in [4.69, 9.17) is 9.47 Å². The fourth-order valence-electron chi connectivity index (χ4n) is 3.06. The highest BCUT2D eigenvalue weighted by Gasteiger charge is 2.39. The molecule has 3 atom stereocenters. The molecule has 0 spiro atoms. The number of aromatic amines is 1. The second-order valence-electron chi connectivity index (χ2n) is 6.52. The third-order valence-electron chi connectivity index (χ3n) is 4.44. The minimum absolute atomic E-state index is 0.0337. The third-order valence-corrected chi connectivity index (χ3v) is 5.19. The van der Waals surface area contributed by atoms with Gasteiger partial charge < -0.3 is 19.7 Å². The Bertz CT molecular complexity index is 782. The molecule has 3 N–H and O–H groups in total. The van der Waals surface area contributed by atoms with Gasteiger partial charge in [-0.15, -0.1) is 16.9 Å². The lowest BCUT2D eigenvalue weighted by molar-refractivity contribution is -0.186. The van der Waals surface area contributed by atoms with Gasteiger partial charge in [0.25, 0.3) is 0 Å². The normalized spacial score (nSPS) is 23.0. The maximum Gasteiger partial charge on any atom is 0.433 e. The van der Waals surface area contributed by atoms with Gasteiger partial charge in [-0.05, 0) is 24.0 Å². The molecular weight excluding hydrogens is 397 g/mol. The summed E-state index contributed by atoms with van der Waals surface area (Å²) in [6, 6.07) is 7.18. The van der Waals surface area contributed by atoms with Crippen molar-refractivity contribution in [3.8, 4) is 5.88 Å². The SMILES string of the molecule is CSc1ccc(Cc2c(O[C@H]3C[C@@H](O)C[C@@H](CO)O3)n[nH]c2C(F)(F)F)cc1. The van der Waals surface area contributed by atoms with Crippen molar-refractivity contribution in [2.24, 2.45) is 0 Å². The maximum atomic E-state index is 13.4. The fourth-order valence-corrected chi connectivity index (χ4v) is 3.47. The van der Waals surface area contributed by atoms with E-state index in [0.29, 0.717) is 5.56 Å². The zero-order chi connectivity index (χ0) is 20.3. The highest BCUT2D eigenvalue weighted by molar-refractivity contribution is 7.98. The van der Waals surface area contributed by atoms with Gasteiger partial charge in [0, 0.05) is 24.2 Å². The van der Waals surface area contributed by atoms with Gasteiger partial charge in [0.15, 0.2) is 0 Å². The number of aromatic nitrogens is 2. The summed E-state index contributed by atoms with van der Waals surface area (Å²) in [5, 5.41) is 24.8. The number of H-pyrrole nitrogens is 1. The van der Waals surface area contributed by atoms with Crippen LogP contribution in [0, 0.1) is 0 Å². The molecule has 1 fully saturated rings. The molecule has 0 unspecified atom stereocenters. The van der Waals surface area contributed by atoms with Gasteiger partial charge in [-0.3, -0.25) is 5.10 Å². The Kier molecular flexibility index (Phi) is 6.54. The fraction of sp³-hybridized carbons (Fsp3) is 0.500. The minimum atomic E-state index is -4.62. The van der Waals surface area contributed by atoms with E-state index in [1.807, 2.05) is 23.5 Å². The molecule has 154 valence electrons. The number of nitrogens with zero attached hydrogens (tertiary/aromatic N) is 1. The standard InChI is InChI=1S/C18H21F3N2O4S/c1-28-13-4-2-10(3-5-13)6-14-16(18(19,20)21)22-23-17(14)27-15-8-11(25)7-12(9-24)26-15/h2-5,11-12,15,24-25H,6-9H2,1H3,(H,22,23)/t11-,12-,15-/m0/s1. The molecule has 0 bridgehead atoms. The Labute approximate surface area is 164 Å². The second-order valence-corrected chi connectivity index (χ2v) is 7.40. The summed E-state index contributed by atoms with van der Waals surface area (Å²) in [7, 11) is 0. The zero-order valence-electron chi connectivity index (χ0n) is 15.1. The van der Waals surface area contributed by atoms with Gasteiger partial charge in [0.1, 0.15) is 5.69 Å². The van der Waals surface area contributed by atoms with Crippen LogP contribution < -0.4 is 4.74 Å². The molecule has 3 rings (SSSR count). The second kappa shape index (κ2) is 8.73. The number of aliphatic hydroxyl groups is 2. The van der Waals surface area contributed by atoms with E-state index < -0.39 is 30.4 Å². The molecular formula is C18H21F3N2O4S. The van der Waals surface area contributed by atoms with Gasteiger partial charge in [-0.25, -0.2) is 0 Å². The number of ether oxygens (including phenoxy) is 2. The van der Waals surface area contributed by atoms with Crippen molar-refractivity contribution < 1.29 is 32.9 Å². The first-order valence-electron chi connectivity index (χ1n) is 8.68. The number of aliphatic hydroxyl groups excluding tert-OH is 2. The lowest BCUT2D eigenvalue weighted by Gasteiger charge is -2.31. The molecule has 0 radical (unpaired) electrons. The van der Waals surface area contributed by atoms with Gasteiger partial charge in [0.05, 0.1) is 24.4 Å². The van der Waals surface area contributed by atoms with Crippen LogP contribution in [0.3, 0.4) is 0 Å². The van der Waals surface area contributed by atoms with Crippen molar-refractivity contribution in [1.29, 1.82) is 0 Å². The smallest absolute Gasteiger partial charge is 0.433 e. The van der Waals surface area contributed by atoms with Crippen LogP contribution in [0.4, 0.5) is 13.2 Å². The third kappa shape index (κ3) is 4.99. The lowest BCUT2D eigenvalue weighted by Crippen LogP contribution is -2.40. The molecule has 1 aliphatic rings. The van der Waals surface area contributed by atoms with Crippen LogP contribution in [0.2, 0.25) is 0 Å². The molecule has 1 aromatic carbocycles. The number of thioether (sulfide) groups is 1. The summed E-state index contributed by atoms with van der Waals surface area (Å²) in [4.78, 5) is 1.00. The average molecular weight is 418 g/mol. The van der Waals surface area contributed by atoms with Crippen molar-refractivity contribution in [2.45, 2.75) is 48.8 Å². The first-order valence-corrected chi connectivity index (χ1v) is 9.91. The Morgan fingerprint density at radius 1 is 1.29 bits per heavy atom. The first-order chi connectivity index (χ1) is 13.3. The zero-order valence-corrected chi connectivity index (χ0v) is 15.9. The summed E-state index contributed by atoms with van der Waals surface area (Å²) in [6.07, 6.45) is -4.85. The first kappa shape index (κ1) is 21.0. The van der Waals surface area contributed by atoms with Gasteiger partial charge in [-0.1, -0.05) is 12.1 Å². The predicted octanol–water partition coefficient (Wildman–Crippen LogP) is 2.98. The number of alkyl halides is 3. The molecule has 10 heteroatoms. The molecule has 2 aromatic rings.